The number of hydrogen-bond donors (Lipinski definition) is 0. The van der Waals surface area contributed by atoms with Crippen LogP contribution < -0.4 is 9.30 Å². The van der Waals surface area contributed by atoms with Crippen molar-refractivity contribution in [1.29, 1.82) is 0 Å². The van der Waals surface area contributed by atoms with Crippen LogP contribution in [0.25, 0.3) is 0 Å². The predicted octanol–water partition coefficient (Wildman–Crippen LogP) is 2.03. The van der Waals surface area contributed by atoms with Gasteiger partial charge in [-0.05, 0) is 24.3 Å². The maximum Gasteiger partial charge on any atom is 0.217 e. The summed E-state index contributed by atoms with van der Waals surface area (Å²) in [5.41, 5.74) is 1.64. The maximum atomic E-state index is 9.22. The average molecular weight is 339 g/mol. The Morgan fingerprint density at radius 1 is 0.957 bits per heavy atom. The molecule has 8 nitrogen and oxygen atoms in total. The van der Waals surface area contributed by atoms with E-state index in [0.29, 0.717) is 0 Å². The molecule has 23 heavy (non-hydrogen) atoms. The van der Waals surface area contributed by atoms with E-state index in [0.717, 1.165) is 24.2 Å². The van der Waals surface area contributed by atoms with Crippen LogP contribution in [0.4, 0.5) is 11.4 Å². The van der Waals surface area contributed by atoms with Crippen molar-refractivity contribution < 1.29 is 26.5 Å². The SMILES string of the molecule is COS(=O)(=O)[O-].COc1ccc(/N=N/c2cc[n+](C)cc2)cc1. The number of methoxy groups -OCH3 is 1. The standard InChI is InChI=1S/C13H14N3O.CH4O4S/c1-16-9-7-12(8-10-16)15-14-11-3-5-13(17-2)6-4-11;1-5-6(2,3)4/h3-10H,1-2H3;1H3,(H,2,3,4)/q+1;/p-1. The number of benzene rings is 1. The molecule has 2 aromatic rings. The summed E-state index contributed by atoms with van der Waals surface area (Å²) in [5, 5.41) is 8.29. The molecule has 0 unspecified atom stereocenters. The van der Waals surface area contributed by atoms with E-state index in [9.17, 15) is 13.0 Å². The summed E-state index contributed by atoms with van der Waals surface area (Å²) in [7, 11) is -0.00209. The minimum absolute atomic E-state index is 0.805. The number of nitrogens with zero attached hydrogens (tertiary/aromatic N) is 3. The molecule has 2 rings (SSSR count). The van der Waals surface area contributed by atoms with Crippen molar-refractivity contribution in [2.75, 3.05) is 14.2 Å². The van der Waals surface area contributed by atoms with Gasteiger partial charge in [-0.1, -0.05) is 0 Å². The van der Waals surface area contributed by atoms with Crippen LogP contribution in [0.5, 0.6) is 5.75 Å². The number of azo groups is 1. The molecule has 1 aromatic carbocycles. The van der Waals surface area contributed by atoms with Crippen LogP contribution in [0.1, 0.15) is 0 Å². The van der Waals surface area contributed by atoms with Gasteiger partial charge in [-0.2, -0.15) is 10.2 Å². The second kappa shape index (κ2) is 8.93. The fourth-order valence-corrected chi connectivity index (χ4v) is 1.32. The second-order valence-electron chi connectivity index (χ2n) is 4.19. The molecule has 0 aliphatic heterocycles. The zero-order valence-corrected chi connectivity index (χ0v) is 13.7. The third kappa shape index (κ3) is 8.00. The lowest BCUT2D eigenvalue weighted by atomic mass is 10.3. The maximum absolute atomic E-state index is 9.22. The van der Waals surface area contributed by atoms with Crippen molar-refractivity contribution in [2.24, 2.45) is 17.3 Å². The Hall–Kier alpha value is -2.36. The fourth-order valence-electron chi connectivity index (χ4n) is 1.32. The molecule has 1 heterocycles. The number of ether oxygens (including phenoxy) is 1. The van der Waals surface area contributed by atoms with Crippen molar-refractivity contribution in [1.82, 2.24) is 0 Å². The molecule has 0 fully saturated rings. The number of aryl methyl sites for hydroxylation is 1. The van der Waals surface area contributed by atoms with Gasteiger partial charge in [0.05, 0.1) is 25.6 Å². The van der Waals surface area contributed by atoms with Crippen molar-refractivity contribution >= 4 is 21.8 Å². The van der Waals surface area contributed by atoms with Gasteiger partial charge in [0.15, 0.2) is 12.4 Å². The molecule has 0 atom stereocenters. The van der Waals surface area contributed by atoms with Gasteiger partial charge in [0.25, 0.3) is 0 Å². The summed E-state index contributed by atoms with van der Waals surface area (Å²) in [6.45, 7) is 0. The zero-order valence-electron chi connectivity index (χ0n) is 12.9. The highest BCUT2D eigenvalue weighted by Crippen LogP contribution is 2.20. The fraction of sp³-hybridized carbons (Fsp3) is 0.214. The number of pyridine rings is 1. The Labute approximate surface area is 135 Å². The van der Waals surface area contributed by atoms with E-state index >= 15 is 0 Å². The van der Waals surface area contributed by atoms with Crippen molar-refractivity contribution in [2.45, 2.75) is 0 Å². The third-order valence-electron chi connectivity index (χ3n) is 2.52. The largest absolute Gasteiger partial charge is 0.726 e. The molecule has 1 aromatic heterocycles. The highest BCUT2D eigenvalue weighted by molar-refractivity contribution is 7.80. The monoisotopic (exact) mass is 339 g/mol. The summed E-state index contributed by atoms with van der Waals surface area (Å²) < 4.78 is 38.0. The topological polar surface area (TPSA) is 104 Å². The number of rotatable bonds is 4. The van der Waals surface area contributed by atoms with E-state index in [1.54, 1.807) is 7.11 Å². The van der Waals surface area contributed by atoms with E-state index in [1.165, 1.54) is 0 Å². The summed E-state index contributed by atoms with van der Waals surface area (Å²) >= 11 is 0. The lowest BCUT2D eigenvalue weighted by Gasteiger charge is -1.98. The summed E-state index contributed by atoms with van der Waals surface area (Å²) in [5.74, 6) is 0.815. The van der Waals surface area contributed by atoms with Gasteiger partial charge < -0.3 is 9.29 Å². The molecule has 9 heteroatoms. The summed E-state index contributed by atoms with van der Waals surface area (Å²) in [4.78, 5) is 0. The average Bonchev–Trinajstić information content (AvgIpc) is 2.55. The van der Waals surface area contributed by atoms with Crippen molar-refractivity contribution in [3.63, 3.8) is 0 Å². The number of hydrogen-bond acceptors (Lipinski definition) is 7. The van der Waals surface area contributed by atoms with Crippen LogP contribution in [-0.4, -0.2) is 27.2 Å². The van der Waals surface area contributed by atoms with Crippen LogP contribution >= 0.6 is 0 Å². The molecule has 0 saturated heterocycles. The molecule has 0 saturated carbocycles. The van der Waals surface area contributed by atoms with E-state index < -0.39 is 10.4 Å². The predicted molar refractivity (Wildman–Crippen MR) is 81.5 cm³/mol. The quantitative estimate of drug-likeness (QED) is 0.367. The second-order valence-corrected chi connectivity index (χ2v) is 5.34. The molecule has 0 spiro atoms. The van der Waals surface area contributed by atoms with E-state index in [-0.39, 0.29) is 0 Å². The molecule has 124 valence electrons. The minimum atomic E-state index is -4.41. The van der Waals surface area contributed by atoms with Gasteiger partial charge >= 0.3 is 0 Å². The first kappa shape index (κ1) is 18.7. The van der Waals surface area contributed by atoms with Crippen LogP contribution in [0.2, 0.25) is 0 Å². The Bertz CT molecular complexity index is 728. The molecule has 0 radical (unpaired) electrons. The van der Waals surface area contributed by atoms with Gasteiger partial charge in [-0.3, -0.25) is 4.18 Å². The first-order chi connectivity index (χ1) is 10.8. The van der Waals surface area contributed by atoms with E-state index in [1.807, 2.05) is 60.4 Å². The summed E-state index contributed by atoms with van der Waals surface area (Å²) in [6, 6.07) is 11.3. The Morgan fingerprint density at radius 3 is 1.78 bits per heavy atom. The molecular formula is C14H17N3O5S. The highest BCUT2D eigenvalue weighted by atomic mass is 32.3. The Morgan fingerprint density at radius 2 is 1.39 bits per heavy atom. The Balaban J connectivity index is 0.000000379. The van der Waals surface area contributed by atoms with Gasteiger partial charge in [-0.15, -0.1) is 0 Å². The van der Waals surface area contributed by atoms with Crippen molar-refractivity contribution in [3.05, 3.63) is 48.8 Å². The van der Waals surface area contributed by atoms with Gasteiger partial charge in [-0.25, -0.2) is 13.0 Å². The van der Waals surface area contributed by atoms with E-state index in [2.05, 4.69) is 14.4 Å². The van der Waals surface area contributed by atoms with Gasteiger partial charge in [0.1, 0.15) is 12.8 Å². The third-order valence-corrected chi connectivity index (χ3v) is 2.93. The minimum Gasteiger partial charge on any atom is -0.726 e. The first-order valence-corrected chi connectivity index (χ1v) is 7.70. The van der Waals surface area contributed by atoms with Gasteiger partial charge in [0.2, 0.25) is 10.4 Å². The zero-order chi connectivity index (χ0) is 17.3. The van der Waals surface area contributed by atoms with Crippen molar-refractivity contribution in [3.8, 4) is 5.75 Å². The molecule has 0 N–H and O–H groups in total. The molecular weight excluding hydrogens is 322 g/mol. The Kier molecular flexibility index (Phi) is 7.26. The molecule has 0 bridgehead atoms. The smallest absolute Gasteiger partial charge is 0.217 e. The lowest BCUT2D eigenvalue weighted by molar-refractivity contribution is -0.671. The van der Waals surface area contributed by atoms with Gasteiger partial charge in [0, 0.05) is 12.1 Å². The molecule has 0 aliphatic rings. The van der Waals surface area contributed by atoms with Crippen LogP contribution in [0, 0.1) is 0 Å². The number of aromatic nitrogens is 1. The highest BCUT2D eigenvalue weighted by Gasteiger charge is 1.94. The van der Waals surface area contributed by atoms with Crippen LogP contribution in [-0.2, 0) is 21.6 Å². The van der Waals surface area contributed by atoms with E-state index in [4.69, 9.17) is 4.74 Å². The van der Waals surface area contributed by atoms with Crippen LogP contribution in [0.15, 0.2) is 59.0 Å². The first-order valence-electron chi connectivity index (χ1n) is 6.36. The van der Waals surface area contributed by atoms with Crippen LogP contribution in [0.3, 0.4) is 0 Å². The molecule has 0 aliphatic carbocycles. The molecule has 0 amide bonds. The summed E-state index contributed by atoms with van der Waals surface area (Å²) in [6.07, 6.45) is 3.87. The normalized spacial score (nSPS) is 11.0. The lowest BCUT2D eigenvalue weighted by Crippen LogP contribution is -2.25.